The zero-order valence-electron chi connectivity index (χ0n) is 18.4. The molecule has 0 saturated carbocycles. The molecule has 166 valence electrons. The van der Waals surface area contributed by atoms with E-state index in [1.54, 1.807) is 0 Å². The quantitative estimate of drug-likeness (QED) is 0.558. The SMILES string of the molecule is Fc1cc2c3c(ccc2c2c1C=CCC2)C(C1CCNNCCCCNCN1)CCC3. The van der Waals surface area contributed by atoms with E-state index in [4.69, 9.17) is 0 Å². The van der Waals surface area contributed by atoms with Gasteiger partial charge in [-0.15, -0.1) is 0 Å². The molecule has 2 aromatic carbocycles. The van der Waals surface area contributed by atoms with Gasteiger partial charge in [-0.05, 0) is 97.4 Å². The summed E-state index contributed by atoms with van der Waals surface area (Å²) in [6, 6.07) is 6.85. The van der Waals surface area contributed by atoms with Crippen LogP contribution in [0, 0.1) is 5.82 Å². The molecule has 1 aliphatic heterocycles. The normalized spacial score (nSPS) is 25.3. The second-order valence-corrected chi connectivity index (χ2v) is 9.26. The molecule has 0 radical (unpaired) electrons. The van der Waals surface area contributed by atoms with E-state index in [0.29, 0.717) is 12.0 Å². The molecule has 3 aliphatic rings. The third kappa shape index (κ3) is 4.42. The molecule has 0 aromatic heterocycles. The fraction of sp³-hybridized carbons (Fsp3) is 0.538. The van der Waals surface area contributed by atoms with Gasteiger partial charge in [-0.3, -0.25) is 10.9 Å². The number of benzene rings is 2. The third-order valence-electron chi connectivity index (χ3n) is 7.34. The summed E-state index contributed by atoms with van der Waals surface area (Å²) in [6.07, 6.45) is 12.9. The Kier molecular flexibility index (Phi) is 6.65. The van der Waals surface area contributed by atoms with E-state index in [1.807, 2.05) is 12.1 Å². The number of aryl methyl sites for hydroxylation is 2. The highest BCUT2D eigenvalue weighted by molar-refractivity contribution is 5.93. The Hall–Kier alpha value is -1.79. The van der Waals surface area contributed by atoms with Gasteiger partial charge in [0.25, 0.3) is 0 Å². The summed E-state index contributed by atoms with van der Waals surface area (Å²) in [5, 5.41) is 9.76. The van der Waals surface area contributed by atoms with Crippen LogP contribution in [0.5, 0.6) is 0 Å². The van der Waals surface area contributed by atoms with Crippen molar-refractivity contribution in [3.63, 3.8) is 0 Å². The number of halogens is 1. The minimum absolute atomic E-state index is 0.0578. The Morgan fingerprint density at radius 1 is 0.871 bits per heavy atom. The second-order valence-electron chi connectivity index (χ2n) is 9.26. The summed E-state index contributed by atoms with van der Waals surface area (Å²) in [5.41, 5.74) is 11.6. The van der Waals surface area contributed by atoms with Crippen LogP contribution in [0.3, 0.4) is 0 Å². The van der Waals surface area contributed by atoms with Crippen LogP contribution in [0.4, 0.5) is 4.39 Å². The second kappa shape index (κ2) is 9.78. The molecule has 2 aliphatic carbocycles. The summed E-state index contributed by atoms with van der Waals surface area (Å²) >= 11 is 0. The van der Waals surface area contributed by atoms with Crippen molar-refractivity contribution in [2.75, 3.05) is 26.3 Å². The number of fused-ring (bicyclic) bond motifs is 5. The van der Waals surface area contributed by atoms with Crippen molar-refractivity contribution < 1.29 is 4.39 Å². The molecular formula is C26H35FN4. The van der Waals surface area contributed by atoms with E-state index < -0.39 is 0 Å². The number of rotatable bonds is 1. The van der Waals surface area contributed by atoms with Crippen LogP contribution in [-0.4, -0.2) is 32.3 Å². The number of hydrogen-bond acceptors (Lipinski definition) is 4. The Labute approximate surface area is 185 Å². The molecule has 1 fully saturated rings. The molecule has 31 heavy (non-hydrogen) atoms. The van der Waals surface area contributed by atoms with Gasteiger partial charge in [-0.2, -0.15) is 0 Å². The van der Waals surface area contributed by atoms with E-state index in [9.17, 15) is 4.39 Å². The zero-order valence-corrected chi connectivity index (χ0v) is 18.4. The van der Waals surface area contributed by atoms with Crippen molar-refractivity contribution in [3.8, 4) is 0 Å². The summed E-state index contributed by atoms with van der Waals surface area (Å²) in [4.78, 5) is 0. The topological polar surface area (TPSA) is 48.1 Å². The molecular weight excluding hydrogens is 387 g/mol. The van der Waals surface area contributed by atoms with E-state index in [-0.39, 0.29) is 5.82 Å². The van der Waals surface area contributed by atoms with Crippen LogP contribution < -0.4 is 21.5 Å². The van der Waals surface area contributed by atoms with Gasteiger partial charge in [0, 0.05) is 31.4 Å². The first kappa shape index (κ1) is 21.1. The molecule has 4 N–H and O–H groups in total. The molecule has 5 rings (SSSR count). The predicted octanol–water partition coefficient (Wildman–Crippen LogP) is 4.14. The summed E-state index contributed by atoms with van der Waals surface area (Å²) in [7, 11) is 0. The maximum absolute atomic E-state index is 15.0. The fourth-order valence-corrected chi connectivity index (χ4v) is 5.79. The maximum Gasteiger partial charge on any atom is 0.131 e. The predicted molar refractivity (Wildman–Crippen MR) is 127 cm³/mol. The van der Waals surface area contributed by atoms with Crippen LogP contribution in [0.1, 0.15) is 66.7 Å². The first-order valence-corrected chi connectivity index (χ1v) is 12.2. The highest BCUT2D eigenvalue weighted by Crippen LogP contribution is 2.41. The Bertz CT molecular complexity index is 942. The Morgan fingerprint density at radius 2 is 1.77 bits per heavy atom. The van der Waals surface area contributed by atoms with Crippen LogP contribution in [0.25, 0.3) is 16.8 Å². The summed E-state index contributed by atoms with van der Waals surface area (Å²) < 4.78 is 15.0. The average Bonchev–Trinajstić information content (AvgIpc) is 2.79. The lowest BCUT2D eigenvalue weighted by Crippen LogP contribution is -2.45. The monoisotopic (exact) mass is 422 g/mol. The van der Waals surface area contributed by atoms with Gasteiger partial charge < -0.3 is 10.6 Å². The Balaban J connectivity index is 1.48. The van der Waals surface area contributed by atoms with Crippen molar-refractivity contribution in [2.24, 2.45) is 0 Å². The van der Waals surface area contributed by atoms with Crippen LogP contribution >= 0.6 is 0 Å². The lowest BCUT2D eigenvalue weighted by molar-refractivity contribution is 0.343. The molecule has 0 spiro atoms. The molecule has 1 saturated heterocycles. The molecule has 0 bridgehead atoms. The van der Waals surface area contributed by atoms with Gasteiger partial charge in [0.05, 0.1) is 0 Å². The lowest BCUT2D eigenvalue weighted by atomic mass is 9.75. The number of allylic oxidation sites excluding steroid dienone is 1. The maximum atomic E-state index is 15.0. The molecule has 1 heterocycles. The summed E-state index contributed by atoms with van der Waals surface area (Å²) in [5.74, 6) is 0.413. The van der Waals surface area contributed by atoms with Crippen LogP contribution in [0.2, 0.25) is 0 Å². The standard InChI is InChI=1S/C26H35FN4/c27-25-16-24-19-8-5-9-23(26-12-15-31-30-14-4-3-13-28-17-29-26)20(19)10-11-21(24)18-6-1-2-7-22(18)25/h2,7,10-11,16,23,26,28-31H,1,3-6,8-9,12-15,17H2. The molecule has 2 aromatic rings. The molecule has 2 unspecified atom stereocenters. The zero-order chi connectivity index (χ0) is 21.0. The number of hydrogen-bond donors (Lipinski definition) is 4. The van der Waals surface area contributed by atoms with Crippen molar-refractivity contribution in [1.29, 1.82) is 0 Å². The Morgan fingerprint density at radius 3 is 2.74 bits per heavy atom. The smallest absolute Gasteiger partial charge is 0.131 e. The number of nitrogens with one attached hydrogen (secondary N) is 4. The van der Waals surface area contributed by atoms with Gasteiger partial charge in [0.15, 0.2) is 0 Å². The van der Waals surface area contributed by atoms with E-state index in [1.165, 1.54) is 47.8 Å². The van der Waals surface area contributed by atoms with Crippen molar-refractivity contribution in [2.45, 2.75) is 63.3 Å². The first-order valence-electron chi connectivity index (χ1n) is 12.2. The molecule has 5 heteroatoms. The van der Waals surface area contributed by atoms with E-state index >= 15 is 0 Å². The highest BCUT2D eigenvalue weighted by Gasteiger charge is 2.29. The average molecular weight is 423 g/mol. The van der Waals surface area contributed by atoms with Gasteiger partial charge in [0.1, 0.15) is 5.82 Å². The largest absolute Gasteiger partial charge is 0.304 e. The van der Waals surface area contributed by atoms with E-state index in [2.05, 4.69) is 39.7 Å². The van der Waals surface area contributed by atoms with Gasteiger partial charge in [-0.1, -0.05) is 24.3 Å². The van der Waals surface area contributed by atoms with Crippen molar-refractivity contribution in [1.82, 2.24) is 21.5 Å². The minimum Gasteiger partial charge on any atom is -0.304 e. The van der Waals surface area contributed by atoms with Gasteiger partial charge in [-0.25, -0.2) is 4.39 Å². The fourth-order valence-electron chi connectivity index (χ4n) is 5.79. The molecule has 2 atom stereocenters. The minimum atomic E-state index is -0.0578. The lowest BCUT2D eigenvalue weighted by Gasteiger charge is -2.34. The van der Waals surface area contributed by atoms with Crippen molar-refractivity contribution >= 4 is 16.8 Å². The van der Waals surface area contributed by atoms with Crippen LogP contribution in [0.15, 0.2) is 24.3 Å². The molecule has 4 nitrogen and oxygen atoms in total. The van der Waals surface area contributed by atoms with Gasteiger partial charge in [0.2, 0.25) is 0 Å². The van der Waals surface area contributed by atoms with E-state index in [0.717, 1.165) is 62.9 Å². The highest BCUT2D eigenvalue weighted by atomic mass is 19.1. The van der Waals surface area contributed by atoms with Crippen LogP contribution in [-0.2, 0) is 12.8 Å². The molecule has 0 amide bonds. The first-order chi connectivity index (χ1) is 15.3. The third-order valence-corrected chi connectivity index (χ3v) is 7.34. The van der Waals surface area contributed by atoms with Gasteiger partial charge >= 0.3 is 0 Å². The number of hydrazine groups is 1. The summed E-state index contributed by atoms with van der Waals surface area (Å²) in [6.45, 7) is 3.87. The van der Waals surface area contributed by atoms with Crippen molar-refractivity contribution in [3.05, 3.63) is 52.3 Å².